The monoisotopic (exact) mass is 391 g/mol. The summed E-state index contributed by atoms with van der Waals surface area (Å²) in [7, 11) is 1.78. The highest BCUT2D eigenvalue weighted by Gasteiger charge is 2.48. The number of aliphatic imine (C=N–C) groups is 1. The zero-order chi connectivity index (χ0) is 20.0. The zero-order valence-corrected chi connectivity index (χ0v) is 18.1. The van der Waals surface area contributed by atoms with Crippen molar-refractivity contribution in [3.8, 4) is 0 Å². The van der Waals surface area contributed by atoms with Crippen LogP contribution >= 0.6 is 0 Å². The van der Waals surface area contributed by atoms with E-state index in [-0.39, 0.29) is 5.91 Å². The van der Waals surface area contributed by atoms with Gasteiger partial charge >= 0.3 is 0 Å². The molecule has 2 saturated carbocycles. The van der Waals surface area contributed by atoms with Crippen molar-refractivity contribution in [2.45, 2.75) is 108 Å². The molecule has 5 heteroatoms. The molecule has 3 aliphatic rings. The van der Waals surface area contributed by atoms with Crippen molar-refractivity contribution in [2.75, 3.05) is 13.7 Å². The third-order valence-corrected chi connectivity index (χ3v) is 7.28. The van der Waals surface area contributed by atoms with E-state index in [4.69, 9.17) is 15.5 Å². The molecular weight excluding hydrogens is 350 g/mol. The Morgan fingerprint density at radius 2 is 1.89 bits per heavy atom. The van der Waals surface area contributed by atoms with Crippen LogP contribution in [0.3, 0.4) is 0 Å². The van der Waals surface area contributed by atoms with E-state index < -0.39 is 5.54 Å². The number of rotatable bonds is 9. The number of carbonyl (C=O) groups is 1. The van der Waals surface area contributed by atoms with E-state index in [1.807, 2.05) is 0 Å². The van der Waals surface area contributed by atoms with Crippen LogP contribution in [0.25, 0.3) is 0 Å². The van der Waals surface area contributed by atoms with Crippen LogP contribution < -0.4 is 5.73 Å². The van der Waals surface area contributed by atoms with E-state index in [2.05, 4.69) is 6.92 Å². The van der Waals surface area contributed by atoms with Gasteiger partial charge in [-0.2, -0.15) is 0 Å². The molecule has 1 amide bonds. The van der Waals surface area contributed by atoms with Crippen LogP contribution in [0.1, 0.15) is 96.8 Å². The fourth-order valence-corrected chi connectivity index (χ4v) is 5.53. The van der Waals surface area contributed by atoms with Crippen LogP contribution in [-0.4, -0.2) is 42.1 Å². The Bertz CT molecular complexity index is 544. The molecule has 0 spiro atoms. The fourth-order valence-electron chi connectivity index (χ4n) is 5.53. The van der Waals surface area contributed by atoms with Gasteiger partial charge in [0.15, 0.2) is 5.96 Å². The Hall–Kier alpha value is -1.10. The van der Waals surface area contributed by atoms with Gasteiger partial charge < -0.3 is 10.5 Å². The summed E-state index contributed by atoms with van der Waals surface area (Å²) in [5.74, 6) is 1.80. The highest BCUT2D eigenvalue weighted by atomic mass is 16.5. The first-order valence-corrected chi connectivity index (χ1v) is 11.8. The number of likely N-dealkylation sites (N-methyl/N-ethyl adjacent to an activating group) is 1. The molecule has 1 unspecified atom stereocenters. The molecule has 3 atom stereocenters. The van der Waals surface area contributed by atoms with Crippen LogP contribution in [0.5, 0.6) is 0 Å². The molecule has 160 valence electrons. The lowest BCUT2D eigenvalue weighted by atomic mass is 9.74. The maximum Gasteiger partial charge on any atom is 0.257 e. The van der Waals surface area contributed by atoms with Crippen molar-refractivity contribution in [1.29, 1.82) is 0 Å². The van der Waals surface area contributed by atoms with E-state index in [0.717, 1.165) is 51.0 Å². The van der Waals surface area contributed by atoms with Gasteiger partial charge in [0.05, 0.1) is 6.10 Å². The Labute approximate surface area is 171 Å². The van der Waals surface area contributed by atoms with Crippen molar-refractivity contribution < 1.29 is 9.53 Å². The summed E-state index contributed by atoms with van der Waals surface area (Å²) in [5, 5.41) is 0. The SMILES string of the molecule is CCCCO[C@H]1CCCC(C[C@@]2(CCC3CCCCC3)N=C(N)N(C)C2=O)C1. The van der Waals surface area contributed by atoms with Crippen molar-refractivity contribution in [3.63, 3.8) is 0 Å². The van der Waals surface area contributed by atoms with Crippen LogP contribution in [0.15, 0.2) is 4.99 Å². The molecule has 5 nitrogen and oxygen atoms in total. The largest absolute Gasteiger partial charge is 0.378 e. The van der Waals surface area contributed by atoms with Gasteiger partial charge in [0.1, 0.15) is 5.54 Å². The number of hydrogen-bond donors (Lipinski definition) is 1. The Morgan fingerprint density at radius 3 is 2.57 bits per heavy atom. The third-order valence-electron chi connectivity index (χ3n) is 7.28. The second-order valence-electron chi connectivity index (χ2n) is 9.49. The minimum atomic E-state index is -0.619. The molecule has 0 saturated heterocycles. The number of amides is 1. The summed E-state index contributed by atoms with van der Waals surface area (Å²) in [5.41, 5.74) is 5.48. The molecule has 2 aliphatic carbocycles. The van der Waals surface area contributed by atoms with Gasteiger partial charge in [-0.1, -0.05) is 58.3 Å². The number of hydrogen-bond acceptors (Lipinski definition) is 4. The molecular formula is C23H41N3O2. The number of unbranched alkanes of at least 4 members (excludes halogenated alkanes) is 1. The maximum absolute atomic E-state index is 13.2. The lowest BCUT2D eigenvalue weighted by molar-refractivity contribution is -0.131. The van der Waals surface area contributed by atoms with Crippen LogP contribution in [0.4, 0.5) is 0 Å². The minimum Gasteiger partial charge on any atom is -0.378 e. The molecule has 28 heavy (non-hydrogen) atoms. The van der Waals surface area contributed by atoms with Gasteiger partial charge in [0.25, 0.3) is 5.91 Å². The van der Waals surface area contributed by atoms with Crippen molar-refractivity contribution >= 4 is 11.9 Å². The standard InChI is InChI=1S/C23H41N3O2/c1-3-4-15-28-20-12-8-11-19(16-20)17-23(21(27)26(2)22(24)25-23)14-13-18-9-6-5-7-10-18/h18-20H,3-17H2,1-2H3,(H2,24,25)/t19?,20-,23+/m0/s1. The summed E-state index contributed by atoms with van der Waals surface area (Å²) in [6.07, 6.45) is 16.8. The van der Waals surface area contributed by atoms with Crippen molar-refractivity contribution in [1.82, 2.24) is 4.90 Å². The first-order chi connectivity index (χ1) is 13.5. The van der Waals surface area contributed by atoms with Gasteiger partial charge in [-0.15, -0.1) is 0 Å². The minimum absolute atomic E-state index is 0.120. The highest BCUT2D eigenvalue weighted by molar-refractivity contribution is 6.06. The summed E-state index contributed by atoms with van der Waals surface area (Å²) in [6.45, 7) is 3.07. The van der Waals surface area contributed by atoms with E-state index in [1.54, 1.807) is 11.9 Å². The van der Waals surface area contributed by atoms with Crippen molar-refractivity contribution in [2.24, 2.45) is 22.6 Å². The average molecular weight is 392 g/mol. The quantitative estimate of drug-likeness (QED) is 0.582. The number of guanidine groups is 1. The summed E-state index contributed by atoms with van der Waals surface area (Å²) < 4.78 is 6.12. The highest BCUT2D eigenvalue weighted by Crippen LogP contribution is 2.40. The second kappa shape index (κ2) is 10.1. The topological polar surface area (TPSA) is 67.9 Å². The molecule has 0 aromatic carbocycles. The van der Waals surface area contributed by atoms with E-state index in [1.165, 1.54) is 51.4 Å². The molecule has 3 rings (SSSR count). The molecule has 1 heterocycles. The Kier molecular flexibility index (Phi) is 7.78. The van der Waals surface area contributed by atoms with Crippen molar-refractivity contribution in [3.05, 3.63) is 0 Å². The molecule has 1 aliphatic heterocycles. The molecule has 2 N–H and O–H groups in total. The molecule has 0 bridgehead atoms. The van der Waals surface area contributed by atoms with E-state index in [9.17, 15) is 4.79 Å². The zero-order valence-electron chi connectivity index (χ0n) is 18.1. The van der Waals surface area contributed by atoms with Gasteiger partial charge in [-0.3, -0.25) is 9.69 Å². The number of nitrogens with two attached hydrogens (primary N) is 1. The van der Waals surface area contributed by atoms with Gasteiger partial charge in [-0.05, 0) is 50.4 Å². The normalized spacial score (nSPS) is 32.0. The smallest absolute Gasteiger partial charge is 0.257 e. The first-order valence-electron chi connectivity index (χ1n) is 11.8. The van der Waals surface area contributed by atoms with Crippen LogP contribution in [0.2, 0.25) is 0 Å². The summed E-state index contributed by atoms with van der Waals surface area (Å²) >= 11 is 0. The number of ether oxygens (including phenoxy) is 1. The predicted molar refractivity (Wildman–Crippen MR) is 114 cm³/mol. The summed E-state index contributed by atoms with van der Waals surface area (Å²) in [6, 6.07) is 0. The Balaban J connectivity index is 1.63. The fraction of sp³-hybridized carbons (Fsp3) is 0.913. The lowest BCUT2D eigenvalue weighted by Gasteiger charge is -2.35. The summed E-state index contributed by atoms with van der Waals surface area (Å²) in [4.78, 5) is 19.5. The lowest BCUT2D eigenvalue weighted by Crippen LogP contribution is -2.44. The molecule has 0 aromatic rings. The third kappa shape index (κ3) is 5.28. The van der Waals surface area contributed by atoms with Gasteiger partial charge in [0, 0.05) is 13.7 Å². The average Bonchev–Trinajstić information content (AvgIpc) is 2.92. The maximum atomic E-state index is 13.2. The number of nitrogens with zero attached hydrogens (tertiary/aromatic N) is 2. The number of carbonyl (C=O) groups excluding carboxylic acids is 1. The first kappa shape index (κ1) is 21.6. The van der Waals surface area contributed by atoms with E-state index in [0.29, 0.717) is 18.0 Å². The van der Waals surface area contributed by atoms with Gasteiger partial charge in [0.2, 0.25) is 0 Å². The molecule has 0 radical (unpaired) electrons. The second-order valence-corrected chi connectivity index (χ2v) is 9.49. The van der Waals surface area contributed by atoms with Crippen LogP contribution in [-0.2, 0) is 9.53 Å². The predicted octanol–water partition coefficient (Wildman–Crippen LogP) is 4.64. The van der Waals surface area contributed by atoms with E-state index >= 15 is 0 Å². The Morgan fingerprint density at radius 1 is 1.14 bits per heavy atom. The van der Waals surface area contributed by atoms with Crippen LogP contribution in [0, 0.1) is 11.8 Å². The molecule has 0 aromatic heterocycles. The molecule has 2 fully saturated rings. The van der Waals surface area contributed by atoms with Gasteiger partial charge in [-0.25, -0.2) is 4.99 Å².